The molecule has 0 fully saturated rings. The van der Waals surface area contributed by atoms with Crippen LogP contribution in [0.15, 0.2) is 22.7 Å². The highest BCUT2D eigenvalue weighted by Crippen LogP contribution is 2.17. The smallest absolute Gasteiger partial charge is 0.237 e. The Morgan fingerprint density at radius 1 is 1.56 bits per heavy atom. The lowest BCUT2D eigenvalue weighted by atomic mass is 10.2. The van der Waals surface area contributed by atoms with E-state index in [1.165, 1.54) is 12.1 Å². The molecule has 1 rings (SSSR count). The summed E-state index contributed by atoms with van der Waals surface area (Å²) in [6.07, 6.45) is 0. The Labute approximate surface area is 103 Å². The van der Waals surface area contributed by atoms with Crippen molar-refractivity contribution < 1.29 is 9.18 Å². The summed E-state index contributed by atoms with van der Waals surface area (Å²) >= 11 is 3.30. The van der Waals surface area contributed by atoms with E-state index in [0.717, 1.165) is 10.0 Å². The van der Waals surface area contributed by atoms with Gasteiger partial charge in [-0.25, -0.2) is 4.39 Å². The highest BCUT2D eigenvalue weighted by molar-refractivity contribution is 9.10. The van der Waals surface area contributed by atoms with Crippen LogP contribution in [-0.2, 0) is 11.3 Å². The van der Waals surface area contributed by atoms with Crippen LogP contribution >= 0.6 is 15.9 Å². The Morgan fingerprint density at radius 3 is 2.88 bits per heavy atom. The van der Waals surface area contributed by atoms with Crippen molar-refractivity contribution in [2.45, 2.75) is 19.5 Å². The number of benzene rings is 1. The summed E-state index contributed by atoms with van der Waals surface area (Å²) in [6.45, 7) is 2.07. The van der Waals surface area contributed by atoms with Crippen molar-refractivity contribution in [1.29, 1.82) is 0 Å². The topological polar surface area (TPSA) is 41.1 Å². The van der Waals surface area contributed by atoms with E-state index >= 15 is 0 Å². The molecule has 1 amide bonds. The quantitative estimate of drug-likeness (QED) is 0.887. The van der Waals surface area contributed by atoms with E-state index in [2.05, 4.69) is 26.6 Å². The van der Waals surface area contributed by atoms with Crippen molar-refractivity contribution in [3.63, 3.8) is 0 Å². The maximum absolute atomic E-state index is 13.0. The third-order valence-corrected chi connectivity index (χ3v) is 3.06. The third-order valence-electron chi connectivity index (χ3n) is 2.29. The van der Waals surface area contributed by atoms with Gasteiger partial charge in [-0.05, 0) is 37.7 Å². The number of halogens is 2. The van der Waals surface area contributed by atoms with Gasteiger partial charge < -0.3 is 10.6 Å². The molecule has 0 aromatic heterocycles. The number of hydrogen-bond acceptors (Lipinski definition) is 2. The molecule has 0 aliphatic heterocycles. The lowest BCUT2D eigenvalue weighted by molar-refractivity contribution is -0.122. The average Bonchev–Trinajstić information content (AvgIpc) is 2.28. The predicted octanol–water partition coefficient (Wildman–Crippen LogP) is 1.81. The number of carbonyl (C=O) groups excluding carboxylic acids is 1. The minimum atomic E-state index is -0.311. The van der Waals surface area contributed by atoms with E-state index in [-0.39, 0.29) is 17.8 Å². The molecule has 1 unspecified atom stereocenters. The van der Waals surface area contributed by atoms with Gasteiger partial charge in [0.15, 0.2) is 0 Å². The van der Waals surface area contributed by atoms with E-state index < -0.39 is 0 Å². The van der Waals surface area contributed by atoms with Gasteiger partial charge in [-0.1, -0.05) is 15.9 Å². The first kappa shape index (κ1) is 13.1. The van der Waals surface area contributed by atoms with Crippen molar-refractivity contribution in [1.82, 2.24) is 10.6 Å². The minimum Gasteiger partial charge on any atom is -0.351 e. The highest BCUT2D eigenvalue weighted by Gasteiger charge is 2.10. The van der Waals surface area contributed by atoms with Gasteiger partial charge >= 0.3 is 0 Å². The average molecular weight is 289 g/mol. The molecule has 0 heterocycles. The van der Waals surface area contributed by atoms with Crippen LogP contribution < -0.4 is 10.6 Å². The summed E-state index contributed by atoms with van der Waals surface area (Å²) in [5.74, 6) is -0.423. The maximum Gasteiger partial charge on any atom is 0.237 e. The Balaban J connectivity index is 2.61. The predicted molar refractivity (Wildman–Crippen MR) is 64.5 cm³/mol. The van der Waals surface area contributed by atoms with Gasteiger partial charge in [0.05, 0.1) is 6.04 Å². The molecule has 0 aliphatic rings. The zero-order chi connectivity index (χ0) is 12.1. The third kappa shape index (κ3) is 3.57. The van der Waals surface area contributed by atoms with Crippen LogP contribution in [0.5, 0.6) is 0 Å². The maximum atomic E-state index is 13.0. The number of amides is 1. The molecular weight excluding hydrogens is 275 g/mol. The molecule has 88 valence electrons. The van der Waals surface area contributed by atoms with Crippen molar-refractivity contribution >= 4 is 21.8 Å². The Bertz CT molecular complexity index is 384. The van der Waals surface area contributed by atoms with Crippen LogP contribution in [0.2, 0.25) is 0 Å². The first-order chi connectivity index (χ1) is 7.54. The van der Waals surface area contributed by atoms with Crippen molar-refractivity contribution in [2.75, 3.05) is 7.05 Å². The number of likely N-dealkylation sites (N-methyl/N-ethyl adjacent to an activating group) is 1. The molecule has 3 nitrogen and oxygen atoms in total. The molecule has 0 saturated heterocycles. The molecule has 16 heavy (non-hydrogen) atoms. The number of carbonyl (C=O) groups is 1. The number of hydrogen-bond donors (Lipinski definition) is 2. The molecule has 0 radical (unpaired) electrons. The number of rotatable bonds is 4. The molecule has 1 aromatic carbocycles. The Morgan fingerprint density at radius 2 is 2.25 bits per heavy atom. The fraction of sp³-hybridized carbons (Fsp3) is 0.364. The SMILES string of the molecule is CNC(C)C(=O)NCc1cc(F)ccc1Br. The van der Waals surface area contributed by atoms with Crippen molar-refractivity contribution in [3.05, 3.63) is 34.1 Å². The molecule has 2 N–H and O–H groups in total. The van der Waals surface area contributed by atoms with E-state index in [0.29, 0.717) is 6.54 Å². The number of nitrogens with one attached hydrogen (secondary N) is 2. The second kappa shape index (κ2) is 5.96. The summed E-state index contributed by atoms with van der Waals surface area (Å²) in [7, 11) is 1.71. The lowest BCUT2D eigenvalue weighted by Gasteiger charge is -2.11. The van der Waals surface area contributed by atoms with Crippen molar-refractivity contribution in [2.24, 2.45) is 0 Å². The van der Waals surface area contributed by atoms with Gasteiger partial charge in [0, 0.05) is 11.0 Å². The summed E-state index contributed by atoms with van der Waals surface area (Å²) in [5, 5.41) is 5.55. The van der Waals surface area contributed by atoms with Gasteiger partial charge in [0.25, 0.3) is 0 Å². The van der Waals surface area contributed by atoms with Gasteiger partial charge in [-0.2, -0.15) is 0 Å². The van der Waals surface area contributed by atoms with Crippen LogP contribution in [-0.4, -0.2) is 19.0 Å². The largest absolute Gasteiger partial charge is 0.351 e. The molecule has 0 spiro atoms. The van der Waals surface area contributed by atoms with E-state index in [1.807, 2.05) is 0 Å². The van der Waals surface area contributed by atoms with E-state index in [4.69, 9.17) is 0 Å². The fourth-order valence-electron chi connectivity index (χ4n) is 1.15. The first-order valence-electron chi connectivity index (χ1n) is 4.93. The standard InChI is InChI=1S/C11H14BrFN2O/c1-7(14-2)11(16)15-6-8-5-9(13)3-4-10(8)12/h3-5,7,14H,6H2,1-2H3,(H,15,16). The highest BCUT2D eigenvalue weighted by atomic mass is 79.9. The fourth-order valence-corrected chi connectivity index (χ4v) is 1.53. The monoisotopic (exact) mass is 288 g/mol. The van der Waals surface area contributed by atoms with Crippen LogP contribution in [0.25, 0.3) is 0 Å². The molecular formula is C11H14BrFN2O. The van der Waals surface area contributed by atoms with Gasteiger partial charge in [-0.3, -0.25) is 4.79 Å². The molecule has 1 aromatic rings. The normalized spacial score (nSPS) is 12.2. The minimum absolute atomic E-state index is 0.112. The molecule has 0 aliphatic carbocycles. The van der Waals surface area contributed by atoms with Crippen LogP contribution in [0.3, 0.4) is 0 Å². The van der Waals surface area contributed by atoms with Crippen LogP contribution in [0.1, 0.15) is 12.5 Å². The Kier molecular flexibility index (Phi) is 4.89. The molecule has 5 heteroatoms. The van der Waals surface area contributed by atoms with Crippen LogP contribution in [0, 0.1) is 5.82 Å². The van der Waals surface area contributed by atoms with Crippen LogP contribution in [0.4, 0.5) is 4.39 Å². The molecule has 0 bridgehead atoms. The summed E-state index contributed by atoms with van der Waals surface area (Å²) in [4.78, 5) is 11.5. The van der Waals surface area contributed by atoms with Gasteiger partial charge in [-0.15, -0.1) is 0 Å². The summed E-state index contributed by atoms with van der Waals surface area (Å²) in [6, 6.07) is 4.13. The van der Waals surface area contributed by atoms with E-state index in [1.54, 1.807) is 20.0 Å². The zero-order valence-corrected chi connectivity index (χ0v) is 10.8. The van der Waals surface area contributed by atoms with Gasteiger partial charge in [0.1, 0.15) is 5.82 Å². The zero-order valence-electron chi connectivity index (χ0n) is 9.18. The summed E-state index contributed by atoms with van der Waals surface area (Å²) in [5.41, 5.74) is 0.719. The second-order valence-corrected chi connectivity index (χ2v) is 4.32. The lowest BCUT2D eigenvalue weighted by Crippen LogP contribution is -2.40. The van der Waals surface area contributed by atoms with E-state index in [9.17, 15) is 9.18 Å². The molecule has 1 atom stereocenters. The van der Waals surface area contributed by atoms with Gasteiger partial charge in [0.2, 0.25) is 5.91 Å². The second-order valence-electron chi connectivity index (χ2n) is 3.46. The van der Waals surface area contributed by atoms with Crippen molar-refractivity contribution in [3.8, 4) is 0 Å². The summed E-state index contributed by atoms with van der Waals surface area (Å²) < 4.78 is 13.7. The first-order valence-corrected chi connectivity index (χ1v) is 5.72. The molecule has 0 saturated carbocycles. The Hall–Kier alpha value is -0.940.